The van der Waals surface area contributed by atoms with Gasteiger partial charge in [0.25, 0.3) is 0 Å². The minimum Gasteiger partial charge on any atom is -0.342 e. The summed E-state index contributed by atoms with van der Waals surface area (Å²) in [7, 11) is 0. The van der Waals surface area contributed by atoms with E-state index in [2.05, 4.69) is 128 Å². The molecular weight excluding hydrogens is 440 g/mol. The number of nitrogens with zero attached hydrogens (tertiary/aromatic N) is 2. The van der Waals surface area contributed by atoms with Crippen molar-refractivity contribution >= 4 is 34.4 Å². The van der Waals surface area contributed by atoms with Crippen LogP contribution in [0.3, 0.4) is 0 Å². The van der Waals surface area contributed by atoms with Gasteiger partial charge in [0.1, 0.15) is 11.7 Å². The van der Waals surface area contributed by atoms with Crippen LogP contribution in [0.15, 0.2) is 70.6 Å². The fraction of sp³-hybridized carbons (Fsp3) is 0.375. The lowest BCUT2D eigenvalue weighted by Crippen LogP contribution is -2.31. The van der Waals surface area contributed by atoms with Gasteiger partial charge in [-0.15, -0.1) is 0 Å². The molecule has 3 aromatic carbocycles. The van der Waals surface area contributed by atoms with Crippen LogP contribution >= 0.6 is 0 Å². The van der Waals surface area contributed by atoms with Gasteiger partial charge in [0.15, 0.2) is 0 Å². The van der Waals surface area contributed by atoms with Crippen LogP contribution in [0.1, 0.15) is 63.8 Å². The van der Waals surface area contributed by atoms with Gasteiger partial charge in [-0.25, -0.2) is 9.98 Å². The minimum atomic E-state index is -0.180. The standard InChI is InChI=1S/C32H42N4/c1-21-15-13-16-22(2)27(21)35-29(31(5,6)7)33-25-19-11-12-20-26(25)34-30(32(8,9)10)36-28-23(3)17-14-18-24(28)4/h11-20H,1-10H3,(H,33,35)(H,34,36). The van der Waals surface area contributed by atoms with E-state index < -0.39 is 0 Å². The summed E-state index contributed by atoms with van der Waals surface area (Å²) < 4.78 is 0. The molecule has 0 aromatic heterocycles. The molecule has 4 nitrogen and oxygen atoms in total. The zero-order valence-electron chi connectivity index (χ0n) is 23.7. The number of nitrogens with one attached hydrogen (secondary N) is 2. The zero-order valence-corrected chi connectivity index (χ0v) is 23.7. The van der Waals surface area contributed by atoms with E-state index >= 15 is 0 Å². The Balaban J connectivity index is 2.06. The molecule has 0 aliphatic rings. The minimum absolute atomic E-state index is 0.180. The highest BCUT2D eigenvalue weighted by atomic mass is 15.1. The second-order valence-electron chi connectivity index (χ2n) is 11.7. The van der Waals surface area contributed by atoms with Gasteiger partial charge in [0, 0.05) is 10.8 Å². The summed E-state index contributed by atoms with van der Waals surface area (Å²) >= 11 is 0. The Morgan fingerprint density at radius 1 is 0.500 bits per heavy atom. The van der Waals surface area contributed by atoms with Crippen molar-refractivity contribution < 1.29 is 0 Å². The van der Waals surface area contributed by atoms with E-state index in [1.165, 1.54) is 22.3 Å². The summed E-state index contributed by atoms with van der Waals surface area (Å²) in [5, 5.41) is 7.33. The van der Waals surface area contributed by atoms with Crippen LogP contribution in [-0.4, -0.2) is 11.7 Å². The molecule has 0 radical (unpaired) electrons. The van der Waals surface area contributed by atoms with Crippen molar-refractivity contribution in [1.29, 1.82) is 0 Å². The molecule has 0 atom stereocenters. The van der Waals surface area contributed by atoms with Gasteiger partial charge in [0.05, 0.1) is 22.7 Å². The highest BCUT2D eigenvalue weighted by Gasteiger charge is 2.24. The SMILES string of the molecule is Cc1cccc(C)c1N=C(Nc1ccccc1NC(=Nc1c(C)cccc1C)C(C)(C)C)C(C)(C)C. The number of hydrogen-bond donors (Lipinski definition) is 2. The molecule has 3 aromatic rings. The van der Waals surface area contributed by atoms with Crippen LogP contribution in [0, 0.1) is 38.5 Å². The van der Waals surface area contributed by atoms with Gasteiger partial charge in [-0.2, -0.15) is 0 Å². The zero-order chi connectivity index (χ0) is 26.7. The topological polar surface area (TPSA) is 48.8 Å². The molecule has 0 bridgehead atoms. The highest BCUT2D eigenvalue weighted by molar-refractivity contribution is 6.07. The number of amidine groups is 2. The molecule has 0 aliphatic carbocycles. The smallest absolute Gasteiger partial charge is 0.112 e. The van der Waals surface area contributed by atoms with Gasteiger partial charge in [0.2, 0.25) is 0 Å². The molecule has 0 aliphatic heterocycles. The number of hydrogen-bond acceptors (Lipinski definition) is 2. The van der Waals surface area contributed by atoms with Crippen LogP contribution in [0.25, 0.3) is 0 Å². The molecule has 0 fully saturated rings. The van der Waals surface area contributed by atoms with E-state index in [-0.39, 0.29) is 10.8 Å². The van der Waals surface area contributed by atoms with Gasteiger partial charge in [-0.3, -0.25) is 0 Å². The number of para-hydroxylation sites is 4. The first-order chi connectivity index (χ1) is 16.8. The van der Waals surface area contributed by atoms with Crippen molar-refractivity contribution in [3.05, 3.63) is 82.9 Å². The second-order valence-corrected chi connectivity index (χ2v) is 11.7. The molecule has 0 saturated carbocycles. The van der Waals surface area contributed by atoms with Crippen molar-refractivity contribution in [1.82, 2.24) is 0 Å². The summed E-state index contributed by atoms with van der Waals surface area (Å²) in [5.74, 6) is 1.83. The van der Waals surface area contributed by atoms with E-state index in [0.717, 1.165) is 34.4 Å². The normalized spacial score (nSPS) is 13.1. The Hall–Kier alpha value is -3.40. The Kier molecular flexibility index (Phi) is 8.08. The molecule has 4 heteroatoms. The predicted molar refractivity (Wildman–Crippen MR) is 159 cm³/mol. The summed E-state index contributed by atoms with van der Waals surface area (Å²) in [6.45, 7) is 21.6. The first-order valence-corrected chi connectivity index (χ1v) is 12.7. The summed E-state index contributed by atoms with van der Waals surface area (Å²) in [5.41, 5.74) is 8.29. The van der Waals surface area contributed by atoms with Gasteiger partial charge >= 0.3 is 0 Å². The summed E-state index contributed by atoms with van der Waals surface area (Å²) in [6.07, 6.45) is 0. The van der Waals surface area contributed by atoms with Crippen LogP contribution < -0.4 is 10.6 Å². The van der Waals surface area contributed by atoms with Crippen molar-refractivity contribution in [3.8, 4) is 0 Å². The Labute approximate surface area is 218 Å². The molecule has 0 amide bonds. The first kappa shape index (κ1) is 27.2. The number of anilines is 2. The summed E-state index contributed by atoms with van der Waals surface area (Å²) in [4.78, 5) is 10.3. The van der Waals surface area contributed by atoms with Gasteiger partial charge in [-0.1, -0.05) is 90.1 Å². The van der Waals surface area contributed by atoms with E-state index in [1.807, 2.05) is 12.1 Å². The first-order valence-electron chi connectivity index (χ1n) is 12.7. The molecule has 0 unspecified atom stereocenters. The van der Waals surface area contributed by atoms with E-state index in [9.17, 15) is 0 Å². The van der Waals surface area contributed by atoms with Crippen molar-refractivity contribution in [2.24, 2.45) is 20.8 Å². The van der Waals surface area contributed by atoms with Crippen molar-refractivity contribution in [3.63, 3.8) is 0 Å². The molecule has 0 heterocycles. The van der Waals surface area contributed by atoms with Crippen LogP contribution in [0.2, 0.25) is 0 Å². The van der Waals surface area contributed by atoms with E-state index in [0.29, 0.717) is 0 Å². The second kappa shape index (κ2) is 10.7. The van der Waals surface area contributed by atoms with Gasteiger partial charge < -0.3 is 10.6 Å². The maximum atomic E-state index is 5.13. The average molecular weight is 483 g/mol. The van der Waals surface area contributed by atoms with Gasteiger partial charge in [-0.05, 0) is 62.1 Å². The van der Waals surface area contributed by atoms with E-state index in [1.54, 1.807) is 0 Å². The Morgan fingerprint density at radius 3 is 1.08 bits per heavy atom. The monoisotopic (exact) mass is 482 g/mol. The highest BCUT2D eigenvalue weighted by Crippen LogP contribution is 2.32. The quantitative estimate of drug-likeness (QED) is 0.287. The fourth-order valence-corrected chi connectivity index (χ4v) is 3.91. The molecule has 3 rings (SSSR count). The Bertz CT molecular complexity index is 1140. The lowest BCUT2D eigenvalue weighted by molar-refractivity contribution is 0.589. The lowest BCUT2D eigenvalue weighted by Gasteiger charge is -2.27. The van der Waals surface area contributed by atoms with E-state index in [4.69, 9.17) is 9.98 Å². The number of aliphatic imine (C=N–C) groups is 2. The maximum absolute atomic E-state index is 5.13. The van der Waals surface area contributed by atoms with Crippen LogP contribution in [0.5, 0.6) is 0 Å². The largest absolute Gasteiger partial charge is 0.342 e. The lowest BCUT2D eigenvalue weighted by atomic mass is 9.93. The number of rotatable bonds is 4. The number of aryl methyl sites for hydroxylation is 4. The summed E-state index contributed by atoms with van der Waals surface area (Å²) in [6, 6.07) is 20.9. The van der Waals surface area contributed by atoms with Crippen LogP contribution in [-0.2, 0) is 0 Å². The fourth-order valence-electron chi connectivity index (χ4n) is 3.91. The molecule has 36 heavy (non-hydrogen) atoms. The molecule has 2 N–H and O–H groups in total. The predicted octanol–water partition coefficient (Wildman–Crippen LogP) is 9.30. The molecule has 0 saturated heterocycles. The van der Waals surface area contributed by atoms with Crippen LogP contribution in [0.4, 0.5) is 22.7 Å². The van der Waals surface area contributed by atoms with Crippen molar-refractivity contribution in [2.75, 3.05) is 10.6 Å². The molecular formula is C32H42N4. The number of benzene rings is 3. The molecule has 190 valence electrons. The third-order valence-electron chi connectivity index (χ3n) is 6.18. The third kappa shape index (κ3) is 6.63. The van der Waals surface area contributed by atoms with Crippen molar-refractivity contribution in [2.45, 2.75) is 69.2 Å². The third-order valence-corrected chi connectivity index (χ3v) is 6.18. The maximum Gasteiger partial charge on any atom is 0.112 e. The Morgan fingerprint density at radius 2 is 0.806 bits per heavy atom. The molecule has 0 spiro atoms. The average Bonchev–Trinajstić information content (AvgIpc) is 2.77.